The first-order valence-electron chi connectivity index (χ1n) is 6.35. The number of ether oxygens (including phenoxy) is 1. The highest BCUT2D eigenvalue weighted by atomic mass is 35.5. The van der Waals surface area contributed by atoms with Crippen LogP contribution in [-0.4, -0.2) is 30.3 Å². The third-order valence-corrected chi connectivity index (χ3v) is 4.20. The van der Waals surface area contributed by atoms with Crippen molar-refractivity contribution in [3.05, 3.63) is 16.8 Å². The Morgan fingerprint density at radius 1 is 1.44 bits per heavy atom. The third kappa shape index (κ3) is 1.92. The van der Waals surface area contributed by atoms with E-state index in [-0.39, 0.29) is 0 Å². The molecule has 1 aromatic rings. The number of pyridine rings is 1. The van der Waals surface area contributed by atoms with E-state index in [4.69, 9.17) is 16.3 Å². The highest BCUT2D eigenvalue weighted by Crippen LogP contribution is 2.39. The molecule has 3 rings (SSSR count). The van der Waals surface area contributed by atoms with Gasteiger partial charge in [0.05, 0.1) is 18.2 Å². The molecular formula is C13H16ClFN2O. The van der Waals surface area contributed by atoms with Crippen LogP contribution in [0.25, 0.3) is 0 Å². The normalized spacial score (nSPS) is 26.9. The zero-order chi connectivity index (χ0) is 12.7. The number of nitrogens with zero attached hydrogens (tertiary/aromatic N) is 2. The fourth-order valence-electron chi connectivity index (χ4n) is 2.77. The molecule has 2 aliphatic rings. The van der Waals surface area contributed by atoms with Crippen molar-refractivity contribution in [2.24, 2.45) is 0 Å². The van der Waals surface area contributed by atoms with Crippen LogP contribution in [0.5, 0.6) is 5.75 Å². The molecule has 1 fully saturated rings. The predicted octanol–water partition coefficient (Wildman–Crippen LogP) is 3.13. The van der Waals surface area contributed by atoms with Crippen molar-refractivity contribution < 1.29 is 9.13 Å². The number of anilines is 1. The second-order valence-electron chi connectivity index (χ2n) is 5.00. The van der Waals surface area contributed by atoms with Crippen LogP contribution in [0.3, 0.4) is 0 Å². The minimum Gasteiger partial charge on any atom is -0.489 e. The summed E-state index contributed by atoms with van der Waals surface area (Å²) in [4.78, 5) is 6.42. The largest absolute Gasteiger partial charge is 0.489 e. The minimum atomic E-state index is -0.773. The summed E-state index contributed by atoms with van der Waals surface area (Å²) < 4.78 is 19.4. The minimum absolute atomic E-state index is 0.339. The summed E-state index contributed by atoms with van der Waals surface area (Å²) in [7, 11) is 0. The molecule has 3 nitrogen and oxygen atoms in total. The monoisotopic (exact) mass is 270 g/mol. The van der Waals surface area contributed by atoms with E-state index in [2.05, 4.69) is 9.88 Å². The van der Waals surface area contributed by atoms with Crippen LogP contribution < -0.4 is 9.64 Å². The first-order valence-corrected chi connectivity index (χ1v) is 6.73. The molecule has 0 amide bonds. The van der Waals surface area contributed by atoms with E-state index in [9.17, 15) is 4.39 Å². The summed E-state index contributed by atoms with van der Waals surface area (Å²) in [6, 6.07) is 0.339. The Morgan fingerprint density at radius 2 is 2.28 bits per heavy atom. The first kappa shape index (κ1) is 12.0. The molecule has 2 aliphatic heterocycles. The van der Waals surface area contributed by atoms with Crippen molar-refractivity contribution in [3.63, 3.8) is 0 Å². The molecule has 2 unspecified atom stereocenters. The number of hydrogen-bond donors (Lipinski definition) is 0. The third-order valence-electron chi connectivity index (χ3n) is 3.82. The van der Waals surface area contributed by atoms with Crippen molar-refractivity contribution in [1.29, 1.82) is 0 Å². The molecule has 1 aromatic heterocycles. The van der Waals surface area contributed by atoms with Gasteiger partial charge in [-0.25, -0.2) is 9.37 Å². The molecule has 0 spiro atoms. The van der Waals surface area contributed by atoms with Gasteiger partial charge in [0.2, 0.25) is 0 Å². The van der Waals surface area contributed by atoms with Gasteiger partial charge in [0.1, 0.15) is 6.17 Å². The van der Waals surface area contributed by atoms with Gasteiger partial charge in [-0.2, -0.15) is 0 Å². The number of rotatable bonds is 0. The Kier molecular flexibility index (Phi) is 3.06. The highest BCUT2D eigenvalue weighted by molar-refractivity contribution is 6.31. The van der Waals surface area contributed by atoms with E-state index in [1.807, 2.05) is 6.92 Å². The Labute approximate surface area is 111 Å². The molecule has 18 heavy (non-hydrogen) atoms. The number of piperidine rings is 1. The van der Waals surface area contributed by atoms with E-state index in [1.165, 1.54) is 0 Å². The molecule has 0 bridgehead atoms. The van der Waals surface area contributed by atoms with E-state index < -0.39 is 6.17 Å². The number of fused-ring (bicyclic) bond motifs is 3. The number of aromatic nitrogens is 1. The fourth-order valence-corrected chi connectivity index (χ4v) is 2.90. The Morgan fingerprint density at radius 3 is 3.11 bits per heavy atom. The summed E-state index contributed by atoms with van der Waals surface area (Å²) in [5.41, 5.74) is 0.892. The van der Waals surface area contributed by atoms with Gasteiger partial charge < -0.3 is 9.64 Å². The first-order chi connectivity index (χ1) is 8.66. The van der Waals surface area contributed by atoms with Crippen LogP contribution in [-0.2, 0) is 0 Å². The second kappa shape index (κ2) is 4.57. The maximum absolute atomic E-state index is 13.6. The number of halogens is 2. The van der Waals surface area contributed by atoms with Crippen LogP contribution in [0.1, 0.15) is 24.8 Å². The van der Waals surface area contributed by atoms with Gasteiger partial charge in [-0.05, 0) is 19.8 Å². The smallest absolute Gasteiger partial charge is 0.172 e. The molecular weight excluding hydrogens is 255 g/mol. The van der Waals surface area contributed by atoms with Crippen molar-refractivity contribution in [1.82, 2.24) is 4.98 Å². The molecule has 0 N–H and O–H groups in total. The van der Waals surface area contributed by atoms with Gasteiger partial charge in [-0.3, -0.25) is 0 Å². The van der Waals surface area contributed by atoms with Gasteiger partial charge >= 0.3 is 0 Å². The van der Waals surface area contributed by atoms with Crippen LogP contribution in [0.4, 0.5) is 10.2 Å². The summed E-state index contributed by atoms with van der Waals surface area (Å²) in [6.07, 6.45) is 3.28. The molecule has 1 saturated heterocycles. The second-order valence-corrected chi connectivity index (χ2v) is 5.41. The van der Waals surface area contributed by atoms with Gasteiger partial charge in [-0.1, -0.05) is 11.6 Å². The SMILES string of the molecule is Cc1c(Cl)cnc2c1OCCC1CCC(F)CN21. The van der Waals surface area contributed by atoms with Crippen molar-refractivity contribution in [2.45, 2.75) is 38.4 Å². The Hall–Kier alpha value is -1.03. The van der Waals surface area contributed by atoms with Crippen LogP contribution in [0.2, 0.25) is 5.02 Å². The van der Waals surface area contributed by atoms with Crippen LogP contribution >= 0.6 is 11.6 Å². The van der Waals surface area contributed by atoms with Crippen molar-refractivity contribution in [3.8, 4) is 5.75 Å². The Balaban J connectivity index is 2.05. The van der Waals surface area contributed by atoms with Gasteiger partial charge in [0.25, 0.3) is 0 Å². The van der Waals surface area contributed by atoms with Gasteiger partial charge in [0.15, 0.2) is 11.6 Å². The van der Waals surface area contributed by atoms with E-state index >= 15 is 0 Å². The lowest BCUT2D eigenvalue weighted by Gasteiger charge is -2.36. The number of hydrogen-bond acceptors (Lipinski definition) is 3. The highest BCUT2D eigenvalue weighted by Gasteiger charge is 2.33. The average Bonchev–Trinajstić information content (AvgIpc) is 2.53. The van der Waals surface area contributed by atoms with E-state index in [0.29, 0.717) is 30.6 Å². The van der Waals surface area contributed by atoms with Crippen LogP contribution in [0.15, 0.2) is 6.20 Å². The molecule has 2 atom stereocenters. The quantitative estimate of drug-likeness (QED) is 0.724. The van der Waals surface area contributed by atoms with Crippen LogP contribution in [0, 0.1) is 6.92 Å². The summed E-state index contributed by atoms with van der Waals surface area (Å²) in [5.74, 6) is 1.47. The molecule has 0 saturated carbocycles. The molecule has 98 valence electrons. The predicted molar refractivity (Wildman–Crippen MR) is 69.4 cm³/mol. The maximum atomic E-state index is 13.6. The molecule has 0 radical (unpaired) electrons. The van der Waals surface area contributed by atoms with Crippen molar-refractivity contribution in [2.75, 3.05) is 18.1 Å². The van der Waals surface area contributed by atoms with E-state index in [0.717, 1.165) is 30.0 Å². The lowest BCUT2D eigenvalue weighted by Crippen LogP contribution is -2.44. The maximum Gasteiger partial charge on any atom is 0.172 e. The standard InChI is InChI=1S/C13H16ClFN2O/c1-8-11(14)6-16-13-12(8)18-5-4-10-3-2-9(15)7-17(10)13/h6,9-10H,2-5,7H2,1H3. The summed E-state index contributed by atoms with van der Waals surface area (Å²) >= 11 is 6.07. The molecule has 0 aromatic carbocycles. The summed E-state index contributed by atoms with van der Waals surface area (Å²) in [5, 5.41) is 0.598. The lowest BCUT2D eigenvalue weighted by molar-refractivity contribution is 0.244. The zero-order valence-electron chi connectivity index (χ0n) is 10.3. The summed E-state index contributed by atoms with van der Waals surface area (Å²) in [6.45, 7) is 2.98. The van der Waals surface area contributed by atoms with Crippen molar-refractivity contribution >= 4 is 17.4 Å². The zero-order valence-corrected chi connectivity index (χ0v) is 11.1. The average molecular weight is 271 g/mol. The molecule has 3 heterocycles. The van der Waals surface area contributed by atoms with Gasteiger partial charge in [0, 0.05) is 24.2 Å². The lowest BCUT2D eigenvalue weighted by atomic mass is 9.98. The number of alkyl halides is 1. The Bertz CT molecular complexity index is 469. The molecule has 0 aliphatic carbocycles. The molecule has 5 heteroatoms. The van der Waals surface area contributed by atoms with Gasteiger partial charge in [-0.15, -0.1) is 0 Å². The topological polar surface area (TPSA) is 25.4 Å². The van der Waals surface area contributed by atoms with E-state index in [1.54, 1.807) is 6.20 Å². The fraction of sp³-hybridized carbons (Fsp3) is 0.615.